The van der Waals surface area contributed by atoms with Gasteiger partial charge in [0.05, 0.1) is 11.2 Å². The van der Waals surface area contributed by atoms with Crippen molar-refractivity contribution in [2.24, 2.45) is 0 Å². The third kappa shape index (κ3) is 1.87. The number of para-hydroxylation sites is 1. The van der Waals surface area contributed by atoms with Gasteiger partial charge in [-0.05, 0) is 50.0 Å². The lowest BCUT2D eigenvalue weighted by Gasteiger charge is -2.36. The van der Waals surface area contributed by atoms with Gasteiger partial charge in [0.25, 0.3) is 5.91 Å². The average molecular weight is 365 g/mol. The minimum Gasteiger partial charge on any atom is -0.371 e. The molecule has 1 fully saturated rings. The summed E-state index contributed by atoms with van der Waals surface area (Å²) in [6.45, 7) is 8.55. The highest BCUT2D eigenvalue weighted by Crippen LogP contribution is 2.59. The van der Waals surface area contributed by atoms with E-state index in [1.165, 1.54) is 19.3 Å². The summed E-state index contributed by atoms with van der Waals surface area (Å²) in [5, 5.41) is 0.626. The topological polar surface area (TPSA) is 23.6 Å². The van der Waals surface area contributed by atoms with Gasteiger partial charge in [-0.15, -0.1) is 0 Å². The number of hydrogen-bond acceptors (Lipinski definition) is 2. The van der Waals surface area contributed by atoms with Crippen molar-refractivity contribution in [3.8, 4) is 0 Å². The number of carbonyl (C=O) groups is 1. The zero-order chi connectivity index (χ0) is 18.1. The molecule has 5 rings (SSSR count). The molecule has 0 aromatic heterocycles. The van der Waals surface area contributed by atoms with E-state index in [0.29, 0.717) is 5.02 Å². The van der Waals surface area contributed by atoms with Crippen LogP contribution in [0.1, 0.15) is 47.7 Å². The maximum absolute atomic E-state index is 13.4. The molecule has 0 saturated carbocycles. The normalized spacial score (nSPS) is 23.9. The predicted octanol–water partition coefficient (Wildman–Crippen LogP) is 5.23. The smallest absolute Gasteiger partial charge is 0.259 e. The van der Waals surface area contributed by atoms with Gasteiger partial charge in [-0.3, -0.25) is 9.69 Å². The van der Waals surface area contributed by atoms with E-state index in [4.69, 9.17) is 11.6 Å². The zero-order valence-corrected chi connectivity index (χ0v) is 15.6. The van der Waals surface area contributed by atoms with Crippen LogP contribution in [0.4, 0.5) is 11.4 Å². The molecule has 26 heavy (non-hydrogen) atoms. The molecule has 0 spiro atoms. The summed E-state index contributed by atoms with van der Waals surface area (Å²) in [6, 6.07) is 11.9. The van der Waals surface area contributed by atoms with Crippen LogP contribution in [0.25, 0.3) is 5.57 Å². The molecule has 132 valence electrons. The van der Waals surface area contributed by atoms with Gasteiger partial charge in [-0.25, -0.2) is 0 Å². The molecule has 2 aromatic carbocycles. The molecule has 0 aliphatic carbocycles. The third-order valence-corrected chi connectivity index (χ3v) is 6.42. The van der Waals surface area contributed by atoms with Crippen molar-refractivity contribution in [2.75, 3.05) is 22.9 Å². The highest BCUT2D eigenvalue weighted by atomic mass is 35.5. The minimum atomic E-state index is -0.548. The summed E-state index contributed by atoms with van der Waals surface area (Å²) in [6.07, 6.45) is 3.62. The quantitative estimate of drug-likeness (QED) is 0.691. The first-order valence-electron chi connectivity index (χ1n) is 9.26. The second-order valence-electron chi connectivity index (χ2n) is 7.60. The van der Waals surface area contributed by atoms with Crippen molar-refractivity contribution < 1.29 is 4.79 Å². The number of carbonyl (C=O) groups excluding carboxylic acids is 1. The fourth-order valence-electron chi connectivity index (χ4n) is 4.91. The van der Waals surface area contributed by atoms with E-state index < -0.39 is 5.54 Å². The van der Waals surface area contributed by atoms with Gasteiger partial charge < -0.3 is 4.90 Å². The number of amides is 1. The predicted molar refractivity (Wildman–Crippen MR) is 107 cm³/mol. The maximum atomic E-state index is 13.4. The molecule has 1 amide bonds. The van der Waals surface area contributed by atoms with Crippen LogP contribution >= 0.6 is 11.6 Å². The van der Waals surface area contributed by atoms with Crippen LogP contribution < -0.4 is 9.80 Å². The molecule has 4 heteroatoms. The summed E-state index contributed by atoms with van der Waals surface area (Å²) in [7, 11) is 0. The van der Waals surface area contributed by atoms with Crippen LogP contribution in [-0.2, 0) is 5.54 Å². The summed E-state index contributed by atoms with van der Waals surface area (Å²) < 4.78 is 0. The first-order valence-corrected chi connectivity index (χ1v) is 9.63. The van der Waals surface area contributed by atoms with Crippen molar-refractivity contribution in [1.29, 1.82) is 0 Å². The van der Waals surface area contributed by atoms with Crippen molar-refractivity contribution in [2.45, 2.75) is 31.7 Å². The van der Waals surface area contributed by atoms with Gasteiger partial charge in [0.2, 0.25) is 0 Å². The Morgan fingerprint density at radius 2 is 1.77 bits per heavy atom. The third-order valence-electron chi connectivity index (χ3n) is 6.20. The highest BCUT2D eigenvalue weighted by Gasteiger charge is 2.55. The molecule has 3 nitrogen and oxygen atoms in total. The molecule has 0 unspecified atom stereocenters. The Morgan fingerprint density at radius 1 is 1.04 bits per heavy atom. The van der Waals surface area contributed by atoms with E-state index >= 15 is 0 Å². The Balaban J connectivity index is 1.77. The second kappa shape index (κ2) is 5.37. The molecule has 1 saturated heterocycles. The fourth-order valence-corrected chi connectivity index (χ4v) is 5.13. The number of nitrogens with zero attached hydrogens (tertiary/aromatic N) is 2. The standard InChI is InChI=1S/C22H21ClN2O/c1-14-16-8-4-5-9-18(16)25-21(26)17-12-15(23)13-19(20(17)22(14,25)2)24-10-6-3-7-11-24/h4-5,8-9,12-13H,1,3,6-7,10-11H2,2H3/t22-/m1/s1. The van der Waals surface area contributed by atoms with Gasteiger partial charge in [0.1, 0.15) is 0 Å². The summed E-state index contributed by atoms with van der Waals surface area (Å²) >= 11 is 6.43. The molecule has 0 radical (unpaired) electrons. The van der Waals surface area contributed by atoms with Crippen LogP contribution in [0.5, 0.6) is 0 Å². The number of rotatable bonds is 1. The number of fused-ring (bicyclic) bond motifs is 5. The van der Waals surface area contributed by atoms with Gasteiger partial charge in [0.15, 0.2) is 0 Å². The van der Waals surface area contributed by atoms with Crippen molar-refractivity contribution in [1.82, 2.24) is 0 Å². The number of halogens is 1. The van der Waals surface area contributed by atoms with Crippen LogP contribution in [0.15, 0.2) is 43.0 Å². The van der Waals surface area contributed by atoms with Crippen LogP contribution in [0, 0.1) is 0 Å². The minimum absolute atomic E-state index is 0.0226. The monoisotopic (exact) mass is 364 g/mol. The number of benzene rings is 2. The number of piperidine rings is 1. The van der Waals surface area contributed by atoms with E-state index in [1.807, 2.05) is 35.2 Å². The average Bonchev–Trinajstić information content (AvgIpc) is 3.03. The Labute approximate surface area is 158 Å². The molecule has 3 aliphatic heterocycles. The Kier molecular flexibility index (Phi) is 3.29. The lowest BCUT2D eigenvalue weighted by atomic mass is 9.83. The summed E-state index contributed by atoms with van der Waals surface area (Å²) in [5.74, 6) is 0.0226. The van der Waals surface area contributed by atoms with E-state index in [0.717, 1.165) is 46.7 Å². The summed E-state index contributed by atoms with van der Waals surface area (Å²) in [4.78, 5) is 17.7. The van der Waals surface area contributed by atoms with Crippen molar-refractivity contribution in [3.05, 3.63) is 64.7 Å². The van der Waals surface area contributed by atoms with Crippen LogP contribution in [-0.4, -0.2) is 19.0 Å². The fraction of sp³-hybridized carbons (Fsp3) is 0.318. The largest absolute Gasteiger partial charge is 0.371 e. The van der Waals surface area contributed by atoms with Crippen LogP contribution in [0.2, 0.25) is 5.02 Å². The molecule has 0 N–H and O–H groups in total. The Hall–Kier alpha value is -2.26. The molecule has 3 heterocycles. The van der Waals surface area contributed by atoms with E-state index in [-0.39, 0.29) is 5.91 Å². The molecule has 0 bridgehead atoms. The second-order valence-corrected chi connectivity index (χ2v) is 8.04. The van der Waals surface area contributed by atoms with Gasteiger partial charge >= 0.3 is 0 Å². The lowest BCUT2D eigenvalue weighted by molar-refractivity contribution is 0.0988. The first-order chi connectivity index (χ1) is 12.5. The number of hydrogen-bond donors (Lipinski definition) is 0. The molecule has 3 aliphatic rings. The van der Waals surface area contributed by atoms with Crippen molar-refractivity contribution in [3.63, 3.8) is 0 Å². The van der Waals surface area contributed by atoms with Crippen LogP contribution in [0.3, 0.4) is 0 Å². The number of anilines is 2. The van der Waals surface area contributed by atoms with E-state index in [2.05, 4.69) is 24.5 Å². The molecular formula is C22H21ClN2O. The molecule has 1 atom stereocenters. The van der Waals surface area contributed by atoms with Gasteiger partial charge in [-0.2, -0.15) is 0 Å². The first kappa shape index (κ1) is 16.0. The van der Waals surface area contributed by atoms with E-state index in [1.54, 1.807) is 0 Å². The highest BCUT2D eigenvalue weighted by molar-refractivity contribution is 6.32. The van der Waals surface area contributed by atoms with Gasteiger partial charge in [0, 0.05) is 40.5 Å². The SMILES string of the molecule is C=C1c2ccccc2N2C(=O)c3cc(Cl)cc(N4CCCCC4)c3[C@@]12C. The summed E-state index contributed by atoms with van der Waals surface area (Å²) in [5.41, 5.74) is 5.33. The lowest BCUT2D eigenvalue weighted by Crippen LogP contribution is -2.39. The van der Waals surface area contributed by atoms with E-state index in [9.17, 15) is 4.79 Å². The Morgan fingerprint density at radius 3 is 2.54 bits per heavy atom. The Bertz CT molecular complexity index is 961. The zero-order valence-electron chi connectivity index (χ0n) is 14.9. The van der Waals surface area contributed by atoms with Crippen molar-refractivity contribution >= 4 is 34.5 Å². The maximum Gasteiger partial charge on any atom is 0.259 e. The molecular weight excluding hydrogens is 344 g/mol. The molecule has 2 aromatic rings. The van der Waals surface area contributed by atoms with Gasteiger partial charge in [-0.1, -0.05) is 36.4 Å².